The number of rotatable bonds is 5. The summed E-state index contributed by atoms with van der Waals surface area (Å²) in [4.78, 5) is 11.5. The second kappa shape index (κ2) is 6.55. The third kappa shape index (κ3) is 3.57. The van der Waals surface area contributed by atoms with Crippen LogP contribution in [0.2, 0.25) is 0 Å². The highest BCUT2D eigenvalue weighted by Gasteiger charge is 2.13. The van der Waals surface area contributed by atoms with Crippen LogP contribution in [0.25, 0.3) is 0 Å². The summed E-state index contributed by atoms with van der Waals surface area (Å²) in [5.41, 5.74) is 1.87. The van der Waals surface area contributed by atoms with Crippen molar-refractivity contribution in [3.8, 4) is 0 Å². The summed E-state index contributed by atoms with van der Waals surface area (Å²) in [5.74, 6) is 0.804. The molecule has 1 unspecified atom stereocenters. The van der Waals surface area contributed by atoms with Crippen molar-refractivity contribution in [3.05, 3.63) is 29.8 Å². The zero-order valence-electron chi connectivity index (χ0n) is 10.9. The van der Waals surface area contributed by atoms with Crippen LogP contribution in [-0.2, 0) is 4.74 Å². The van der Waals surface area contributed by atoms with E-state index in [0.29, 0.717) is 12.3 Å². The monoisotopic (exact) mass is 247 g/mol. The largest absolute Gasteiger partial charge is 0.385 e. The summed E-state index contributed by atoms with van der Waals surface area (Å²) >= 11 is 0. The predicted molar refractivity (Wildman–Crippen MR) is 73.1 cm³/mol. The number of nitrogens with one attached hydrogen (secondary N) is 1. The molecule has 98 valence electrons. The Balaban J connectivity index is 1.84. The Hall–Kier alpha value is -1.35. The van der Waals surface area contributed by atoms with Crippen molar-refractivity contribution in [3.63, 3.8) is 0 Å². The van der Waals surface area contributed by atoms with E-state index in [0.717, 1.165) is 37.4 Å². The van der Waals surface area contributed by atoms with E-state index in [4.69, 9.17) is 4.74 Å². The highest BCUT2D eigenvalue weighted by molar-refractivity contribution is 5.96. The van der Waals surface area contributed by atoms with Gasteiger partial charge in [-0.3, -0.25) is 4.79 Å². The van der Waals surface area contributed by atoms with Crippen molar-refractivity contribution in [1.29, 1.82) is 0 Å². The molecular weight excluding hydrogens is 226 g/mol. The van der Waals surface area contributed by atoms with Crippen LogP contribution >= 0.6 is 0 Å². The number of hydrogen-bond donors (Lipinski definition) is 1. The summed E-state index contributed by atoms with van der Waals surface area (Å²) in [6.45, 7) is 4.60. The molecule has 0 saturated carbocycles. The van der Waals surface area contributed by atoms with E-state index >= 15 is 0 Å². The van der Waals surface area contributed by atoms with Gasteiger partial charge in [-0.25, -0.2) is 0 Å². The number of Topliss-reactive ketones (excluding diaryl/α,β-unsaturated/α-hetero) is 1. The topological polar surface area (TPSA) is 38.3 Å². The molecule has 1 aliphatic heterocycles. The van der Waals surface area contributed by atoms with E-state index in [2.05, 4.69) is 5.32 Å². The van der Waals surface area contributed by atoms with Crippen LogP contribution in [0.4, 0.5) is 5.69 Å². The number of hydrogen-bond acceptors (Lipinski definition) is 3. The van der Waals surface area contributed by atoms with Crippen molar-refractivity contribution >= 4 is 11.5 Å². The standard InChI is InChI=1S/C15H21NO2/c1-2-15(17)13-5-7-14(8-6-13)16-10-12-4-3-9-18-11-12/h5-8,12,16H,2-4,9-11H2,1H3. The summed E-state index contributed by atoms with van der Waals surface area (Å²) in [5, 5.41) is 3.41. The van der Waals surface area contributed by atoms with Crippen molar-refractivity contribution in [2.45, 2.75) is 26.2 Å². The molecular formula is C15H21NO2. The Kier molecular flexibility index (Phi) is 4.76. The second-order valence-corrected chi connectivity index (χ2v) is 4.82. The van der Waals surface area contributed by atoms with E-state index in [9.17, 15) is 4.79 Å². The molecule has 2 rings (SSSR count). The zero-order valence-corrected chi connectivity index (χ0v) is 10.9. The van der Waals surface area contributed by atoms with Gasteiger partial charge in [0.05, 0.1) is 6.61 Å². The van der Waals surface area contributed by atoms with E-state index in [1.165, 1.54) is 6.42 Å². The molecule has 0 amide bonds. The summed E-state index contributed by atoms with van der Waals surface area (Å²) in [6.07, 6.45) is 2.96. The molecule has 1 heterocycles. The van der Waals surface area contributed by atoms with Crippen LogP contribution < -0.4 is 5.32 Å². The van der Waals surface area contributed by atoms with Crippen LogP contribution in [0, 0.1) is 5.92 Å². The van der Waals surface area contributed by atoms with E-state index in [-0.39, 0.29) is 5.78 Å². The van der Waals surface area contributed by atoms with E-state index in [1.807, 2.05) is 31.2 Å². The average Bonchev–Trinajstić information content (AvgIpc) is 2.46. The summed E-state index contributed by atoms with van der Waals surface area (Å²) < 4.78 is 5.45. The zero-order chi connectivity index (χ0) is 12.8. The minimum Gasteiger partial charge on any atom is -0.385 e. The molecule has 0 aliphatic carbocycles. The fraction of sp³-hybridized carbons (Fsp3) is 0.533. The van der Waals surface area contributed by atoms with Crippen molar-refractivity contribution < 1.29 is 9.53 Å². The first-order valence-corrected chi connectivity index (χ1v) is 6.74. The quantitative estimate of drug-likeness (QED) is 0.812. The first-order valence-electron chi connectivity index (χ1n) is 6.74. The maximum atomic E-state index is 11.5. The number of ketones is 1. The Bertz CT molecular complexity index is 380. The number of anilines is 1. The molecule has 1 N–H and O–H groups in total. The first-order chi connectivity index (χ1) is 8.79. The van der Waals surface area contributed by atoms with Gasteiger partial charge in [-0.2, -0.15) is 0 Å². The van der Waals surface area contributed by atoms with Crippen molar-refractivity contribution in [1.82, 2.24) is 0 Å². The molecule has 1 saturated heterocycles. The normalized spacial score (nSPS) is 19.5. The van der Waals surface area contributed by atoms with Gasteiger partial charge in [-0.05, 0) is 43.0 Å². The molecule has 0 aromatic heterocycles. The van der Waals surface area contributed by atoms with Gasteiger partial charge in [0.25, 0.3) is 0 Å². The van der Waals surface area contributed by atoms with E-state index in [1.54, 1.807) is 0 Å². The molecule has 0 spiro atoms. The lowest BCUT2D eigenvalue weighted by molar-refractivity contribution is 0.0595. The fourth-order valence-electron chi connectivity index (χ4n) is 2.21. The summed E-state index contributed by atoms with van der Waals surface area (Å²) in [7, 11) is 0. The Morgan fingerprint density at radius 2 is 2.17 bits per heavy atom. The lowest BCUT2D eigenvalue weighted by Crippen LogP contribution is -2.24. The van der Waals surface area contributed by atoms with Gasteiger partial charge in [0.15, 0.2) is 5.78 Å². The molecule has 3 heteroatoms. The Labute approximate surface area is 109 Å². The average molecular weight is 247 g/mol. The predicted octanol–water partition coefficient (Wildman–Crippen LogP) is 3.12. The molecule has 0 radical (unpaired) electrons. The SMILES string of the molecule is CCC(=O)c1ccc(NCC2CCCOC2)cc1. The van der Waals surface area contributed by atoms with Gasteiger partial charge in [0, 0.05) is 30.8 Å². The molecule has 1 aromatic carbocycles. The van der Waals surface area contributed by atoms with Gasteiger partial charge in [0.2, 0.25) is 0 Å². The van der Waals surface area contributed by atoms with Crippen molar-refractivity contribution in [2.75, 3.05) is 25.1 Å². The van der Waals surface area contributed by atoms with Crippen molar-refractivity contribution in [2.24, 2.45) is 5.92 Å². The Morgan fingerprint density at radius 1 is 1.39 bits per heavy atom. The Morgan fingerprint density at radius 3 is 2.78 bits per heavy atom. The third-order valence-electron chi connectivity index (χ3n) is 3.38. The molecule has 1 atom stereocenters. The smallest absolute Gasteiger partial charge is 0.162 e. The summed E-state index contributed by atoms with van der Waals surface area (Å²) in [6, 6.07) is 7.75. The van der Waals surface area contributed by atoms with Gasteiger partial charge >= 0.3 is 0 Å². The number of carbonyl (C=O) groups is 1. The van der Waals surface area contributed by atoms with Gasteiger partial charge < -0.3 is 10.1 Å². The van der Waals surface area contributed by atoms with Gasteiger partial charge in [-0.15, -0.1) is 0 Å². The number of benzene rings is 1. The molecule has 1 aromatic rings. The first kappa shape index (κ1) is 13.1. The maximum absolute atomic E-state index is 11.5. The molecule has 1 fully saturated rings. The molecule has 1 aliphatic rings. The molecule has 3 nitrogen and oxygen atoms in total. The van der Waals surface area contributed by atoms with E-state index < -0.39 is 0 Å². The second-order valence-electron chi connectivity index (χ2n) is 4.82. The minimum atomic E-state index is 0.197. The minimum absolute atomic E-state index is 0.197. The van der Waals surface area contributed by atoms with Crippen LogP contribution in [0.5, 0.6) is 0 Å². The van der Waals surface area contributed by atoms with Gasteiger partial charge in [-0.1, -0.05) is 6.92 Å². The number of carbonyl (C=O) groups excluding carboxylic acids is 1. The lowest BCUT2D eigenvalue weighted by atomic mass is 10.0. The van der Waals surface area contributed by atoms with Crippen LogP contribution in [0.3, 0.4) is 0 Å². The van der Waals surface area contributed by atoms with Crippen LogP contribution in [-0.4, -0.2) is 25.5 Å². The fourth-order valence-corrected chi connectivity index (χ4v) is 2.21. The van der Waals surface area contributed by atoms with Crippen LogP contribution in [0.1, 0.15) is 36.5 Å². The maximum Gasteiger partial charge on any atom is 0.162 e. The number of ether oxygens (including phenoxy) is 1. The lowest BCUT2D eigenvalue weighted by Gasteiger charge is -2.22. The highest BCUT2D eigenvalue weighted by atomic mass is 16.5. The highest BCUT2D eigenvalue weighted by Crippen LogP contribution is 2.16. The molecule has 18 heavy (non-hydrogen) atoms. The third-order valence-corrected chi connectivity index (χ3v) is 3.38. The van der Waals surface area contributed by atoms with Crippen LogP contribution in [0.15, 0.2) is 24.3 Å². The van der Waals surface area contributed by atoms with Gasteiger partial charge in [0.1, 0.15) is 0 Å². The molecule has 0 bridgehead atoms.